The third-order valence-corrected chi connectivity index (χ3v) is 3.85. The van der Waals surface area contributed by atoms with Crippen LogP contribution in [-0.2, 0) is 4.74 Å². The number of rotatable bonds is 4. The Morgan fingerprint density at radius 3 is 2.21 bits per heavy atom. The molecule has 1 saturated heterocycles. The second-order valence-electron chi connectivity index (χ2n) is 5.28. The van der Waals surface area contributed by atoms with Crippen molar-refractivity contribution < 1.29 is 4.74 Å². The topological polar surface area (TPSA) is 21.3 Å². The van der Waals surface area contributed by atoms with Crippen molar-refractivity contribution in [2.45, 2.75) is 50.6 Å². The van der Waals surface area contributed by atoms with Gasteiger partial charge < -0.3 is 10.1 Å². The van der Waals surface area contributed by atoms with Crippen LogP contribution in [0.4, 0.5) is 0 Å². The molecular weight excluding hydrogens is 174 g/mol. The van der Waals surface area contributed by atoms with Crippen LogP contribution in [0.2, 0.25) is 0 Å². The highest BCUT2D eigenvalue weighted by Crippen LogP contribution is 2.44. The average molecular weight is 195 g/mol. The first-order valence-corrected chi connectivity index (χ1v) is 6.27. The van der Waals surface area contributed by atoms with E-state index in [2.05, 4.69) is 5.32 Å². The average Bonchev–Trinajstić information content (AvgIpc) is 3.08. The van der Waals surface area contributed by atoms with Crippen LogP contribution in [-0.4, -0.2) is 25.3 Å². The molecule has 3 aliphatic rings. The predicted octanol–water partition coefficient (Wildman–Crippen LogP) is 1.94. The largest absolute Gasteiger partial charge is 0.380 e. The van der Waals surface area contributed by atoms with Gasteiger partial charge in [0.05, 0.1) is 6.61 Å². The minimum absolute atomic E-state index is 0.662. The molecule has 1 aliphatic heterocycles. The highest BCUT2D eigenvalue weighted by atomic mass is 16.5. The Morgan fingerprint density at radius 2 is 1.71 bits per heavy atom. The van der Waals surface area contributed by atoms with Crippen LogP contribution in [0.25, 0.3) is 0 Å². The van der Waals surface area contributed by atoms with Crippen molar-refractivity contribution in [2.24, 2.45) is 11.8 Å². The summed E-state index contributed by atoms with van der Waals surface area (Å²) in [4.78, 5) is 0. The predicted molar refractivity (Wildman–Crippen MR) is 56.2 cm³/mol. The molecular formula is C12H21NO. The van der Waals surface area contributed by atoms with E-state index < -0.39 is 0 Å². The molecule has 3 rings (SSSR count). The Balaban J connectivity index is 1.52. The van der Waals surface area contributed by atoms with E-state index in [1.807, 2.05) is 0 Å². The maximum absolute atomic E-state index is 5.52. The van der Waals surface area contributed by atoms with E-state index in [0.717, 1.165) is 31.1 Å². The van der Waals surface area contributed by atoms with Crippen LogP contribution in [0.15, 0.2) is 0 Å². The first-order chi connectivity index (χ1) is 6.93. The lowest BCUT2D eigenvalue weighted by Gasteiger charge is -2.28. The normalized spacial score (nSPS) is 33.6. The maximum Gasteiger partial charge on any atom is 0.0619 e. The summed E-state index contributed by atoms with van der Waals surface area (Å²) in [6, 6.07) is 1.51. The molecule has 14 heavy (non-hydrogen) atoms. The molecule has 0 spiro atoms. The van der Waals surface area contributed by atoms with Gasteiger partial charge in [0, 0.05) is 18.7 Å². The second-order valence-corrected chi connectivity index (χ2v) is 5.28. The number of hydrogen-bond acceptors (Lipinski definition) is 2. The van der Waals surface area contributed by atoms with Gasteiger partial charge in [-0.25, -0.2) is 0 Å². The van der Waals surface area contributed by atoms with Crippen molar-refractivity contribution in [2.75, 3.05) is 13.2 Å². The molecule has 1 unspecified atom stereocenters. The van der Waals surface area contributed by atoms with Gasteiger partial charge in [-0.3, -0.25) is 0 Å². The Morgan fingerprint density at radius 1 is 1.00 bits per heavy atom. The molecule has 0 aromatic heterocycles. The second kappa shape index (κ2) is 3.82. The van der Waals surface area contributed by atoms with Crippen LogP contribution < -0.4 is 5.32 Å². The zero-order valence-corrected chi connectivity index (χ0v) is 8.87. The van der Waals surface area contributed by atoms with Gasteiger partial charge in [0.1, 0.15) is 0 Å². The monoisotopic (exact) mass is 195 g/mol. The van der Waals surface area contributed by atoms with Gasteiger partial charge in [0.15, 0.2) is 0 Å². The van der Waals surface area contributed by atoms with E-state index in [9.17, 15) is 0 Å². The van der Waals surface area contributed by atoms with Crippen molar-refractivity contribution in [3.63, 3.8) is 0 Å². The molecule has 0 radical (unpaired) electrons. The number of ether oxygens (including phenoxy) is 1. The molecule has 1 atom stereocenters. The highest BCUT2D eigenvalue weighted by molar-refractivity contribution is 4.97. The molecule has 2 aliphatic carbocycles. The number of nitrogens with one attached hydrogen (secondary N) is 1. The third kappa shape index (κ3) is 2.12. The van der Waals surface area contributed by atoms with Gasteiger partial charge in [-0.05, 0) is 50.4 Å². The van der Waals surface area contributed by atoms with Crippen LogP contribution in [0.3, 0.4) is 0 Å². The Kier molecular flexibility index (Phi) is 2.50. The van der Waals surface area contributed by atoms with Crippen molar-refractivity contribution >= 4 is 0 Å². The lowest BCUT2D eigenvalue weighted by atomic mass is 10.0. The summed E-state index contributed by atoms with van der Waals surface area (Å²) >= 11 is 0. The van der Waals surface area contributed by atoms with Gasteiger partial charge >= 0.3 is 0 Å². The quantitative estimate of drug-likeness (QED) is 0.740. The minimum atomic E-state index is 0.662. The molecule has 80 valence electrons. The summed E-state index contributed by atoms with van der Waals surface area (Å²) in [7, 11) is 0. The summed E-state index contributed by atoms with van der Waals surface area (Å²) in [5, 5.41) is 3.85. The molecule has 0 bridgehead atoms. The van der Waals surface area contributed by atoms with E-state index in [0.29, 0.717) is 6.04 Å². The van der Waals surface area contributed by atoms with Gasteiger partial charge in [-0.1, -0.05) is 0 Å². The molecule has 1 heterocycles. The highest BCUT2D eigenvalue weighted by Gasteiger charge is 2.42. The Labute approximate surface area is 86.4 Å². The van der Waals surface area contributed by atoms with E-state index in [-0.39, 0.29) is 0 Å². The zero-order chi connectivity index (χ0) is 9.38. The third-order valence-electron chi connectivity index (χ3n) is 3.85. The summed E-state index contributed by atoms with van der Waals surface area (Å²) in [6.45, 7) is 1.94. The van der Waals surface area contributed by atoms with E-state index in [4.69, 9.17) is 4.74 Å². The molecule has 1 N–H and O–H groups in total. The first-order valence-electron chi connectivity index (χ1n) is 6.27. The molecule has 2 nitrogen and oxygen atoms in total. The van der Waals surface area contributed by atoms with Crippen molar-refractivity contribution in [3.05, 3.63) is 0 Å². The van der Waals surface area contributed by atoms with Crippen LogP contribution in [0.5, 0.6) is 0 Å². The van der Waals surface area contributed by atoms with Gasteiger partial charge in [0.2, 0.25) is 0 Å². The lowest BCUT2D eigenvalue weighted by molar-refractivity contribution is 0.0639. The SMILES string of the molecule is C1COCC(NC(C2CC2)C2CC2)C1. The van der Waals surface area contributed by atoms with Crippen molar-refractivity contribution in [1.82, 2.24) is 5.32 Å². The van der Waals surface area contributed by atoms with E-state index in [1.54, 1.807) is 0 Å². The molecule has 2 heteroatoms. The first kappa shape index (κ1) is 9.17. The molecule has 0 amide bonds. The zero-order valence-electron chi connectivity index (χ0n) is 8.87. The molecule has 0 aromatic carbocycles. The van der Waals surface area contributed by atoms with Crippen molar-refractivity contribution in [3.8, 4) is 0 Å². The fraction of sp³-hybridized carbons (Fsp3) is 1.00. The van der Waals surface area contributed by atoms with Crippen LogP contribution >= 0.6 is 0 Å². The fourth-order valence-electron chi connectivity index (χ4n) is 2.71. The Hall–Kier alpha value is -0.0800. The lowest BCUT2D eigenvalue weighted by Crippen LogP contribution is -2.45. The van der Waals surface area contributed by atoms with Crippen LogP contribution in [0, 0.1) is 11.8 Å². The standard InChI is InChI=1S/C12H21NO/c1-2-11(8-14-7-1)13-12(9-3-4-9)10-5-6-10/h9-13H,1-8H2. The van der Waals surface area contributed by atoms with Gasteiger partial charge in [-0.15, -0.1) is 0 Å². The van der Waals surface area contributed by atoms with E-state index in [1.165, 1.54) is 38.5 Å². The van der Waals surface area contributed by atoms with Gasteiger partial charge in [-0.2, -0.15) is 0 Å². The van der Waals surface area contributed by atoms with Crippen LogP contribution in [0.1, 0.15) is 38.5 Å². The van der Waals surface area contributed by atoms with E-state index >= 15 is 0 Å². The van der Waals surface area contributed by atoms with Gasteiger partial charge in [0.25, 0.3) is 0 Å². The summed E-state index contributed by atoms with van der Waals surface area (Å²) in [6.07, 6.45) is 8.47. The Bertz CT molecular complexity index is 180. The molecule has 0 aromatic rings. The molecule has 2 saturated carbocycles. The summed E-state index contributed by atoms with van der Waals surface area (Å²) < 4.78 is 5.52. The smallest absolute Gasteiger partial charge is 0.0619 e. The fourth-order valence-corrected chi connectivity index (χ4v) is 2.71. The maximum atomic E-state index is 5.52. The summed E-state index contributed by atoms with van der Waals surface area (Å²) in [5.41, 5.74) is 0. The van der Waals surface area contributed by atoms with Crippen molar-refractivity contribution in [1.29, 1.82) is 0 Å². The molecule has 3 fully saturated rings. The minimum Gasteiger partial charge on any atom is -0.380 e. The number of hydrogen-bond donors (Lipinski definition) is 1. The summed E-state index contributed by atoms with van der Waals surface area (Å²) in [5.74, 6) is 2.04.